The number of nitrogens with zero attached hydrogens (tertiary/aromatic N) is 1. The van der Waals surface area contributed by atoms with Crippen molar-refractivity contribution < 1.29 is 13.5 Å². The van der Waals surface area contributed by atoms with Crippen molar-refractivity contribution in [3.05, 3.63) is 92.3 Å². The van der Waals surface area contributed by atoms with E-state index in [9.17, 15) is 13.6 Å². The lowest BCUT2D eigenvalue weighted by atomic mass is 10.2. The van der Waals surface area contributed by atoms with Crippen LogP contribution >= 0.6 is 15.9 Å². The number of benzene rings is 2. The molecule has 0 N–H and O–H groups in total. The van der Waals surface area contributed by atoms with Crippen molar-refractivity contribution in [1.82, 2.24) is 4.57 Å². The molecule has 0 bridgehead atoms. The monoisotopic (exact) mass is 405 g/mol. The zero-order valence-electron chi connectivity index (χ0n) is 13.3. The highest BCUT2D eigenvalue weighted by molar-refractivity contribution is 9.10. The van der Waals surface area contributed by atoms with Crippen molar-refractivity contribution in [2.45, 2.75) is 13.5 Å². The summed E-state index contributed by atoms with van der Waals surface area (Å²) in [7, 11) is 0. The van der Waals surface area contributed by atoms with Crippen molar-refractivity contribution in [3.8, 4) is 11.4 Å². The second-order valence-corrected chi connectivity index (χ2v) is 6.24. The Morgan fingerprint density at radius 1 is 1.04 bits per heavy atom. The molecule has 25 heavy (non-hydrogen) atoms. The maximum absolute atomic E-state index is 14.1. The van der Waals surface area contributed by atoms with Crippen LogP contribution in [0.25, 0.3) is 5.69 Å². The Balaban J connectivity index is 2.02. The number of pyridine rings is 1. The second kappa shape index (κ2) is 7.19. The predicted molar refractivity (Wildman–Crippen MR) is 95.2 cm³/mol. The Morgan fingerprint density at radius 2 is 1.68 bits per heavy atom. The first-order valence-corrected chi connectivity index (χ1v) is 8.31. The quantitative estimate of drug-likeness (QED) is 0.626. The molecule has 128 valence electrons. The maximum atomic E-state index is 14.1. The van der Waals surface area contributed by atoms with Crippen molar-refractivity contribution in [1.29, 1.82) is 0 Å². The molecule has 1 aromatic heterocycles. The minimum Gasteiger partial charge on any atom is -0.487 e. The molecule has 3 rings (SSSR count). The van der Waals surface area contributed by atoms with E-state index in [1.54, 1.807) is 13.0 Å². The summed E-state index contributed by atoms with van der Waals surface area (Å²) in [6.45, 7) is 1.87. The zero-order chi connectivity index (χ0) is 18.0. The first-order chi connectivity index (χ1) is 12.0. The lowest BCUT2D eigenvalue weighted by Crippen LogP contribution is -2.24. The summed E-state index contributed by atoms with van der Waals surface area (Å²) >= 11 is 3.18. The molecular formula is C19H14BrF2NO2. The van der Waals surface area contributed by atoms with E-state index < -0.39 is 22.9 Å². The third-order valence-corrected chi connectivity index (χ3v) is 4.43. The maximum Gasteiger partial charge on any atom is 0.273 e. The molecule has 3 nitrogen and oxygen atoms in total. The van der Waals surface area contributed by atoms with Gasteiger partial charge in [-0.15, -0.1) is 0 Å². The van der Waals surface area contributed by atoms with Crippen molar-refractivity contribution in [2.24, 2.45) is 0 Å². The average Bonchev–Trinajstić information content (AvgIpc) is 2.60. The highest BCUT2D eigenvalue weighted by atomic mass is 79.9. The number of aryl methyl sites for hydroxylation is 1. The molecule has 0 aliphatic rings. The van der Waals surface area contributed by atoms with Gasteiger partial charge in [0.1, 0.15) is 34.2 Å². The van der Waals surface area contributed by atoms with Gasteiger partial charge < -0.3 is 4.74 Å². The van der Waals surface area contributed by atoms with Gasteiger partial charge in [0.05, 0.1) is 0 Å². The minimum atomic E-state index is -0.810. The van der Waals surface area contributed by atoms with Gasteiger partial charge in [-0.2, -0.15) is 0 Å². The van der Waals surface area contributed by atoms with E-state index in [-0.39, 0.29) is 11.1 Å². The molecule has 0 spiro atoms. The number of ether oxygens (including phenoxy) is 1. The molecule has 0 saturated heterocycles. The van der Waals surface area contributed by atoms with Gasteiger partial charge >= 0.3 is 0 Å². The molecule has 0 aliphatic carbocycles. The van der Waals surface area contributed by atoms with Crippen LogP contribution in [-0.2, 0) is 6.61 Å². The van der Waals surface area contributed by atoms with E-state index in [4.69, 9.17) is 4.74 Å². The smallest absolute Gasteiger partial charge is 0.273 e. The normalized spacial score (nSPS) is 10.7. The van der Waals surface area contributed by atoms with Gasteiger partial charge in [-0.25, -0.2) is 8.78 Å². The van der Waals surface area contributed by atoms with Crippen molar-refractivity contribution in [3.63, 3.8) is 0 Å². The molecule has 0 atom stereocenters. The van der Waals surface area contributed by atoms with E-state index in [0.29, 0.717) is 11.4 Å². The van der Waals surface area contributed by atoms with Gasteiger partial charge in [-0.3, -0.25) is 9.36 Å². The molecule has 6 heteroatoms. The molecule has 0 aliphatic heterocycles. The first-order valence-electron chi connectivity index (χ1n) is 7.52. The van der Waals surface area contributed by atoms with Gasteiger partial charge in [0, 0.05) is 11.8 Å². The molecular weight excluding hydrogens is 392 g/mol. The topological polar surface area (TPSA) is 31.2 Å². The largest absolute Gasteiger partial charge is 0.487 e. The van der Waals surface area contributed by atoms with Crippen LogP contribution in [0.2, 0.25) is 0 Å². The number of hydrogen-bond donors (Lipinski definition) is 0. The van der Waals surface area contributed by atoms with Crippen LogP contribution in [-0.4, -0.2) is 4.57 Å². The van der Waals surface area contributed by atoms with E-state index in [2.05, 4.69) is 15.9 Å². The highest BCUT2D eigenvalue weighted by Gasteiger charge is 2.18. The minimum absolute atomic E-state index is 0.108. The highest BCUT2D eigenvalue weighted by Crippen LogP contribution is 2.26. The molecule has 0 radical (unpaired) electrons. The van der Waals surface area contributed by atoms with Crippen LogP contribution in [0.1, 0.15) is 11.3 Å². The van der Waals surface area contributed by atoms with Crippen LogP contribution in [0.4, 0.5) is 8.78 Å². The summed E-state index contributed by atoms with van der Waals surface area (Å²) in [6.07, 6.45) is 0. The van der Waals surface area contributed by atoms with Gasteiger partial charge in [0.25, 0.3) is 5.56 Å². The molecule has 0 unspecified atom stereocenters. The summed E-state index contributed by atoms with van der Waals surface area (Å²) < 4.78 is 34.9. The van der Waals surface area contributed by atoms with Crippen molar-refractivity contribution in [2.75, 3.05) is 0 Å². The van der Waals surface area contributed by atoms with E-state index >= 15 is 0 Å². The summed E-state index contributed by atoms with van der Waals surface area (Å²) in [4.78, 5) is 12.6. The van der Waals surface area contributed by atoms with Gasteiger partial charge in [-0.05, 0) is 40.5 Å². The fourth-order valence-corrected chi connectivity index (χ4v) is 2.91. The van der Waals surface area contributed by atoms with E-state index in [1.807, 2.05) is 30.3 Å². The number of aromatic nitrogens is 1. The molecule has 3 aromatic rings. The molecule has 0 saturated carbocycles. The molecule has 2 aromatic carbocycles. The Labute approximate surface area is 151 Å². The lowest BCUT2D eigenvalue weighted by Gasteiger charge is -2.15. The van der Waals surface area contributed by atoms with Gasteiger partial charge in [-0.1, -0.05) is 36.4 Å². The van der Waals surface area contributed by atoms with E-state index in [1.165, 1.54) is 6.07 Å². The van der Waals surface area contributed by atoms with Crippen LogP contribution in [0.15, 0.2) is 63.9 Å². The number of rotatable bonds is 4. The zero-order valence-corrected chi connectivity index (χ0v) is 14.9. The number of para-hydroxylation sites is 1. The van der Waals surface area contributed by atoms with Crippen LogP contribution < -0.4 is 10.3 Å². The number of halogens is 3. The Morgan fingerprint density at radius 3 is 2.32 bits per heavy atom. The predicted octanol–water partition coefficient (Wildman–Crippen LogP) is 4.77. The molecule has 1 heterocycles. The van der Waals surface area contributed by atoms with Crippen LogP contribution in [0.3, 0.4) is 0 Å². The summed E-state index contributed by atoms with van der Waals surface area (Å²) in [5, 5.41) is 0. The molecule has 0 fully saturated rings. The van der Waals surface area contributed by atoms with Crippen molar-refractivity contribution >= 4 is 15.9 Å². The van der Waals surface area contributed by atoms with Crippen LogP contribution in [0, 0.1) is 18.6 Å². The second-order valence-electron chi connectivity index (χ2n) is 5.45. The summed E-state index contributed by atoms with van der Waals surface area (Å²) in [6, 6.07) is 14.5. The van der Waals surface area contributed by atoms with E-state index in [0.717, 1.165) is 22.3 Å². The van der Waals surface area contributed by atoms with Gasteiger partial charge in [0.2, 0.25) is 0 Å². The third kappa shape index (κ3) is 3.49. The van der Waals surface area contributed by atoms with Gasteiger partial charge in [0.15, 0.2) is 0 Å². The summed E-state index contributed by atoms with van der Waals surface area (Å²) in [5.41, 5.74) is 0.309. The van der Waals surface area contributed by atoms with Crippen LogP contribution in [0.5, 0.6) is 5.75 Å². The fourth-order valence-electron chi connectivity index (χ4n) is 2.50. The number of hydrogen-bond acceptors (Lipinski definition) is 2. The third-order valence-electron chi connectivity index (χ3n) is 3.70. The Bertz CT molecular complexity index is 951. The SMILES string of the molecule is Cc1cc(OCc2ccccc2)c(Br)c(=O)n1-c1c(F)cccc1F. The fraction of sp³-hybridized carbons (Fsp3) is 0.105. The molecule has 0 amide bonds. The average molecular weight is 406 g/mol. The first kappa shape index (κ1) is 17.4. The Kier molecular flexibility index (Phi) is 4.99. The Hall–Kier alpha value is -2.47. The summed E-state index contributed by atoms with van der Waals surface area (Å²) in [5.74, 6) is -1.30. The lowest BCUT2D eigenvalue weighted by molar-refractivity contribution is 0.302. The standard InChI is InChI=1S/C19H14BrF2NO2/c1-12-10-16(25-11-13-6-3-2-4-7-13)17(20)19(24)23(12)18-14(21)8-5-9-15(18)22/h2-10H,11H2,1H3.